The maximum absolute atomic E-state index is 11.0. The second-order valence-corrected chi connectivity index (χ2v) is 2.92. The fourth-order valence-electron chi connectivity index (χ4n) is 0.776. The predicted molar refractivity (Wildman–Crippen MR) is 52.2 cm³/mol. The number of urea groups is 1. The average Bonchev–Trinajstić information content (AvgIpc) is 2.12. The number of nitrogens with one attached hydrogen (secondary N) is 3. The Balaban J connectivity index is 3.50. The normalized spacial score (nSPS) is 11.9. The van der Waals surface area contributed by atoms with Gasteiger partial charge in [0.2, 0.25) is 0 Å². The summed E-state index contributed by atoms with van der Waals surface area (Å²) in [6, 6.07) is -1.31. The van der Waals surface area contributed by atoms with Gasteiger partial charge in [-0.1, -0.05) is 0 Å². The Morgan fingerprint density at radius 3 is 2.50 bits per heavy atom. The molecule has 0 spiro atoms. The van der Waals surface area contributed by atoms with E-state index in [1.165, 1.54) is 6.92 Å². The monoisotopic (exact) mass is 203 g/mol. The highest BCUT2D eigenvalue weighted by Crippen LogP contribution is 1.81. The van der Waals surface area contributed by atoms with E-state index in [0.717, 1.165) is 13.0 Å². The van der Waals surface area contributed by atoms with E-state index in [4.69, 9.17) is 5.11 Å². The second kappa shape index (κ2) is 7.14. The zero-order valence-electron chi connectivity index (χ0n) is 8.46. The third kappa shape index (κ3) is 6.24. The Labute approximate surface area is 83.1 Å². The standard InChI is InChI=1S/C8H17N3O3/c1-6(7(12)13)11-8(14)10-5-3-4-9-2/h6,9H,3-5H2,1-2H3,(H,12,13)(H2,10,11,14). The van der Waals surface area contributed by atoms with Crippen molar-refractivity contribution >= 4 is 12.0 Å². The van der Waals surface area contributed by atoms with E-state index in [-0.39, 0.29) is 0 Å². The van der Waals surface area contributed by atoms with E-state index < -0.39 is 18.0 Å². The first kappa shape index (κ1) is 12.7. The van der Waals surface area contributed by atoms with Crippen molar-refractivity contribution in [2.24, 2.45) is 0 Å². The third-order valence-electron chi connectivity index (χ3n) is 1.61. The van der Waals surface area contributed by atoms with Crippen LogP contribution in [0.5, 0.6) is 0 Å². The minimum atomic E-state index is -1.05. The molecule has 0 aliphatic heterocycles. The van der Waals surface area contributed by atoms with E-state index in [1.54, 1.807) is 0 Å². The van der Waals surface area contributed by atoms with Crippen molar-refractivity contribution in [3.63, 3.8) is 0 Å². The third-order valence-corrected chi connectivity index (χ3v) is 1.61. The number of carboxylic acids is 1. The Kier molecular flexibility index (Phi) is 6.47. The molecular formula is C8H17N3O3. The van der Waals surface area contributed by atoms with Gasteiger partial charge in [-0.25, -0.2) is 4.79 Å². The summed E-state index contributed by atoms with van der Waals surface area (Å²) in [6.45, 7) is 2.75. The highest BCUT2D eigenvalue weighted by atomic mass is 16.4. The van der Waals surface area contributed by atoms with Crippen LogP contribution in [0.25, 0.3) is 0 Å². The minimum absolute atomic E-state index is 0.448. The fourth-order valence-corrected chi connectivity index (χ4v) is 0.776. The van der Waals surface area contributed by atoms with Gasteiger partial charge < -0.3 is 21.1 Å². The van der Waals surface area contributed by atoms with Gasteiger partial charge in [0.1, 0.15) is 6.04 Å². The van der Waals surface area contributed by atoms with Crippen LogP contribution >= 0.6 is 0 Å². The van der Waals surface area contributed by atoms with E-state index in [0.29, 0.717) is 6.54 Å². The van der Waals surface area contributed by atoms with Crippen LogP contribution in [-0.4, -0.2) is 43.3 Å². The van der Waals surface area contributed by atoms with Crippen LogP contribution in [0.4, 0.5) is 4.79 Å². The molecule has 0 aromatic rings. The van der Waals surface area contributed by atoms with Crippen LogP contribution in [-0.2, 0) is 4.79 Å². The molecule has 0 fully saturated rings. The van der Waals surface area contributed by atoms with E-state index >= 15 is 0 Å². The van der Waals surface area contributed by atoms with Gasteiger partial charge in [-0.2, -0.15) is 0 Å². The van der Waals surface area contributed by atoms with Crippen molar-refractivity contribution in [3.8, 4) is 0 Å². The second-order valence-electron chi connectivity index (χ2n) is 2.92. The van der Waals surface area contributed by atoms with Gasteiger partial charge in [0, 0.05) is 6.54 Å². The molecule has 0 aliphatic rings. The van der Waals surface area contributed by atoms with Gasteiger partial charge in [-0.15, -0.1) is 0 Å². The van der Waals surface area contributed by atoms with Crippen molar-refractivity contribution in [3.05, 3.63) is 0 Å². The SMILES string of the molecule is CNCCCNC(=O)NC(C)C(=O)O. The zero-order valence-corrected chi connectivity index (χ0v) is 8.46. The lowest BCUT2D eigenvalue weighted by Gasteiger charge is -2.10. The molecule has 14 heavy (non-hydrogen) atoms. The molecule has 4 N–H and O–H groups in total. The first-order valence-corrected chi connectivity index (χ1v) is 4.49. The van der Waals surface area contributed by atoms with Crippen LogP contribution in [0, 0.1) is 0 Å². The molecule has 1 atom stereocenters. The number of hydrogen-bond acceptors (Lipinski definition) is 3. The number of hydrogen-bond donors (Lipinski definition) is 4. The summed E-state index contributed by atoms with van der Waals surface area (Å²) in [4.78, 5) is 21.4. The largest absolute Gasteiger partial charge is 0.480 e. The lowest BCUT2D eigenvalue weighted by molar-refractivity contribution is -0.138. The molecule has 0 saturated carbocycles. The van der Waals surface area contributed by atoms with Crippen LogP contribution in [0.15, 0.2) is 0 Å². The highest BCUT2D eigenvalue weighted by molar-refractivity contribution is 5.82. The van der Waals surface area contributed by atoms with Crippen LogP contribution in [0.3, 0.4) is 0 Å². The molecule has 82 valence electrons. The lowest BCUT2D eigenvalue weighted by atomic mass is 10.3. The van der Waals surface area contributed by atoms with Gasteiger partial charge in [0.15, 0.2) is 0 Å². The molecule has 6 nitrogen and oxygen atoms in total. The molecular weight excluding hydrogens is 186 g/mol. The predicted octanol–water partition coefficient (Wildman–Crippen LogP) is -0.632. The maximum Gasteiger partial charge on any atom is 0.325 e. The maximum atomic E-state index is 11.0. The van der Waals surface area contributed by atoms with Gasteiger partial charge >= 0.3 is 12.0 Å². The van der Waals surface area contributed by atoms with E-state index in [1.807, 2.05) is 7.05 Å². The van der Waals surface area contributed by atoms with Gasteiger partial charge in [0.05, 0.1) is 0 Å². The Bertz CT molecular complexity index is 196. The quantitative estimate of drug-likeness (QED) is 0.432. The highest BCUT2D eigenvalue weighted by Gasteiger charge is 2.12. The summed E-state index contributed by atoms with van der Waals surface area (Å²) < 4.78 is 0. The van der Waals surface area contributed by atoms with Crippen molar-refractivity contribution in [1.29, 1.82) is 0 Å². The van der Waals surface area contributed by atoms with E-state index in [2.05, 4.69) is 16.0 Å². The number of carbonyl (C=O) groups is 2. The average molecular weight is 203 g/mol. The lowest BCUT2D eigenvalue weighted by Crippen LogP contribution is -2.44. The number of carbonyl (C=O) groups excluding carboxylic acids is 1. The minimum Gasteiger partial charge on any atom is -0.480 e. The zero-order chi connectivity index (χ0) is 11.0. The van der Waals surface area contributed by atoms with Gasteiger partial charge in [-0.05, 0) is 26.9 Å². The summed E-state index contributed by atoms with van der Waals surface area (Å²) >= 11 is 0. The van der Waals surface area contributed by atoms with Gasteiger partial charge in [-0.3, -0.25) is 4.79 Å². The summed E-state index contributed by atoms with van der Waals surface area (Å²) in [5, 5.41) is 16.3. The first-order chi connectivity index (χ1) is 6.57. The Morgan fingerprint density at radius 1 is 1.36 bits per heavy atom. The van der Waals surface area contributed by atoms with Crippen molar-refractivity contribution in [2.45, 2.75) is 19.4 Å². The van der Waals surface area contributed by atoms with Crippen LogP contribution < -0.4 is 16.0 Å². The Hall–Kier alpha value is -1.30. The van der Waals surface area contributed by atoms with Crippen molar-refractivity contribution in [2.75, 3.05) is 20.1 Å². The molecule has 0 aromatic carbocycles. The molecule has 0 aromatic heterocycles. The molecule has 0 heterocycles. The Morgan fingerprint density at radius 2 is 2.00 bits per heavy atom. The molecule has 0 saturated heterocycles. The summed E-state index contributed by atoms with van der Waals surface area (Å²) in [5.41, 5.74) is 0. The molecule has 2 amide bonds. The van der Waals surface area contributed by atoms with Crippen LogP contribution in [0.2, 0.25) is 0 Å². The van der Waals surface area contributed by atoms with Crippen molar-refractivity contribution < 1.29 is 14.7 Å². The molecule has 0 aliphatic carbocycles. The molecule has 0 radical (unpaired) electrons. The summed E-state index contributed by atoms with van der Waals surface area (Å²) in [6.07, 6.45) is 0.811. The fraction of sp³-hybridized carbons (Fsp3) is 0.750. The number of amides is 2. The molecule has 0 bridgehead atoms. The van der Waals surface area contributed by atoms with Crippen molar-refractivity contribution in [1.82, 2.24) is 16.0 Å². The number of carboxylic acid groups (broad SMARTS) is 1. The van der Waals surface area contributed by atoms with Gasteiger partial charge in [0.25, 0.3) is 0 Å². The van der Waals surface area contributed by atoms with Crippen LogP contribution in [0.1, 0.15) is 13.3 Å². The van der Waals surface area contributed by atoms with E-state index in [9.17, 15) is 9.59 Å². The number of rotatable bonds is 6. The smallest absolute Gasteiger partial charge is 0.325 e. The molecule has 0 rings (SSSR count). The molecule has 6 heteroatoms. The summed E-state index contributed by atoms with van der Waals surface area (Å²) in [7, 11) is 1.83. The number of aliphatic carboxylic acids is 1. The molecule has 1 unspecified atom stereocenters. The topological polar surface area (TPSA) is 90.5 Å². The summed E-state index contributed by atoms with van der Waals surface area (Å²) in [5.74, 6) is -1.05. The first-order valence-electron chi connectivity index (χ1n) is 4.49.